The number of hydrogen-bond acceptors (Lipinski definition) is 0. The molecule has 0 radical (unpaired) electrons. The molecule has 0 N–H and O–H groups in total. The van der Waals surface area contributed by atoms with Gasteiger partial charge in [0, 0.05) is 0 Å². The summed E-state index contributed by atoms with van der Waals surface area (Å²) in [6.07, 6.45) is 20.2. The summed E-state index contributed by atoms with van der Waals surface area (Å²) in [7, 11) is 0. The molecular weight excluding hydrogens is 336 g/mol. The molecule has 0 bridgehead atoms. The SMILES string of the molecule is CCC(C)(C)CC(C)CCCCCC(CC1CCC(C)C1)C(CC)(CC)CC. The average Bonchev–Trinajstić information content (AvgIpc) is 3.07. The Labute approximate surface area is 180 Å². The first-order chi connectivity index (χ1) is 13.2. The van der Waals surface area contributed by atoms with E-state index >= 15 is 0 Å². The van der Waals surface area contributed by atoms with Crippen LogP contribution in [0.1, 0.15) is 145 Å². The van der Waals surface area contributed by atoms with Gasteiger partial charge < -0.3 is 0 Å². The van der Waals surface area contributed by atoms with Crippen LogP contribution in [-0.2, 0) is 0 Å². The Kier molecular flexibility index (Phi) is 11.8. The summed E-state index contributed by atoms with van der Waals surface area (Å²) in [5, 5.41) is 0. The maximum Gasteiger partial charge on any atom is -0.0277 e. The van der Waals surface area contributed by atoms with Crippen LogP contribution in [0.3, 0.4) is 0 Å². The van der Waals surface area contributed by atoms with Crippen LogP contribution in [0.2, 0.25) is 0 Å². The number of unbranched alkanes of at least 4 members (excludes halogenated alkanes) is 2. The van der Waals surface area contributed by atoms with Gasteiger partial charge in [0.2, 0.25) is 0 Å². The van der Waals surface area contributed by atoms with Crippen molar-refractivity contribution in [1.29, 1.82) is 0 Å². The van der Waals surface area contributed by atoms with Gasteiger partial charge >= 0.3 is 0 Å². The van der Waals surface area contributed by atoms with Crippen LogP contribution in [0, 0.1) is 34.5 Å². The summed E-state index contributed by atoms with van der Waals surface area (Å²) >= 11 is 0. The summed E-state index contributed by atoms with van der Waals surface area (Å²) in [4.78, 5) is 0. The molecule has 0 aromatic carbocycles. The molecule has 1 fully saturated rings. The third kappa shape index (κ3) is 8.39. The molecule has 1 aliphatic rings. The van der Waals surface area contributed by atoms with Crippen molar-refractivity contribution in [2.24, 2.45) is 34.5 Å². The molecule has 0 heterocycles. The molecule has 28 heavy (non-hydrogen) atoms. The molecule has 0 saturated heterocycles. The lowest BCUT2D eigenvalue weighted by molar-refractivity contribution is 0.0981. The van der Waals surface area contributed by atoms with Gasteiger partial charge in [0.1, 0.15) is 0 Å². The standard InChI is InChI=1S/C28H56/c1-9-27(7,8)22-24(6)16-14-13-15-17-26(28(10-2,11-3)12-4)21-25-19-18-23(5)20-25/h23-26H,9-22H2,1-8H3. The zero-order valence-electron chi connectivity index (χ0n) is 21.2. The van der Waals surface area contributed by atoms with Gasteiger partial charge in [0.05, 0.1) is 0 Å². The fraction of sp³-hybridized carbons (Fsp3) is 1.00. The second-order valence-electron chi connectivity index (χ2n) is 11.6. The van der Waals surface area contributed by atoms with Crippen LogP contribution in [0.15, 0.2) is 0 Å². The average molecular weight is 393 g/mol. The van der Waals surface area contributed by atoms with E-state index in [1.165, 1.54) is 89.9 Å². The molecule has 168 valence electrons. The molecule has 4 atom stereocenters. The van der Waals surface area contributed by atoms with Crippen molar-refractivity contribution < 1.29 is 0 Å². The summed E-state index contributed by atoms with van der Waals surface area (Å²) in [5.41, 5.74) is 1.15. The third-order valence-electron chi connectivity index (χ3n) is 9.01. The minimum absolute atomic E-state index is 0.534. The van der Waals surface area contributed by atoms with E-state index in [4.69, 9.17) is 0 Å². The lowest BCUT2D eigenvalue weighted by Crippen LogP contribution is -2.30. The predicted octanol–water partition coefficient (Wildman–Crippen LogP) is 10.1. The quantitative estimate of drug-likeness (QED) is 0.243. The molecule has 0 nitrogen and oxygen atoms in total. The van der Waals surface area contributed by atoms with Crippen molar-refractivity contribution in [3.8, 4) is 0 Å². The number of hydrogen-bond donors (Lipinski definition) is 0. The van der Waals surface area contributed by atoms with Gasteiger partial charge in [-0.1, -0.05) is 120 Å². The molecule has 0 amide bonds. The highest BCUT2D eigenvalue weighted by Crippen LogP contribution is 2.47. The second-order valence-corrected chi connectivity index (χ2v) is 11.6. The van der Waals surface area contributed by atoms with Gasteiger partial charge in [-0.25, -0.2) is 0 Å². The minimum atomic E-state index is 0.534. The van der Waals surface area contributed by atoms with Gasteiger partial charge in [-0.15, -0.1) is 0 Å². The Balaban J connectivity index is 2.48. The first-order valence-corrected chi connectivity index (χ1v) is 13.2. The monoisotopic (exact) mass is 392 g/mol. The van der Waals surface area contributed by atoms with Crippen LogP contribution >= 0.6 is 0 Å². The van der Waals surface area contributed by atoms with E-state index in [-0.39, 0.29) is 0 Å². The van der Waals surface area contributed by atoms with Crippen LogP contribution < -0.4 is 0 Å². The van der Waals surface area contributed by atoms with Gasteiger partial charge in [0.15, 0.2) is 0 Å². The molecule has 1 aliphatic carbocycles. The van der Waals surface area contributed by atoms with Gasteiger partial charge in [-0.05, 0) is 60.2 Å². The summed E-state index contributed by atoms with van der Waals surface area (Å²) in [5.74, 6) is 3.88. The van der Waals surface area contributed by atoms with Crippen molar-refractivity contribution in [2.45, 2.75) is 145 Å². The lowest BCUT2D eigenvalue weighted by Gasteiger charge is -2.41. The zero-order chi connectivity index (χ0) is 21.2. The van der Waals surface area contributed by atoms with Crippen molar-refractivity contribution in [1.82, 2.24) is 0 Å². The Morgan fingerprint density at radius 1 is 0.821 bits per heavy atom. The van der Waals surface area contributed by atoms with E-state index in [1.807, 2.05) is 0 Å². The summed E-state index contributed by atoms with van der Waals surface area (Å²) in [6.45, 7) is 19.6. The molecule has 4 unspecified atom stereocenters. The van der Waals surface area contributed by atoms with Gasteiger partial charge in [0.25, 0.3) is 0 Å². The Bertz CT molecular complexity index is 381. The topological polar surface area (TPSA) is 0 Å². The van der Waals surface area contributed by atoms with E-state index in [0.29, 0.717) is 10.8 Å². The Hall–Kier alpha value is 0. The largest absolute Gasteiger partial charge is 0.0649 e. The second kappa shape index (κ2) is 12.6. The molecular formula is C28H56. The molecule has 1 rings (SSSR count). The molecule has 0 spiro atoms. The van der Waals surface area contributed by atoms with Crippen molar-refractivity contribution in [2.75, 3.05) is 0 Å². The summed E-state index contributed by atoms with van der Waals surface area (Å²) < 4.78 is 0. The molecule has 0 aromatic heterocycles. The first-order valence-electron chi connectivity index (χ1n) is 13.2. The van der Waals surface area contributed by atoms with E-state index in [1.54, 1.807) is 0 Å². The normalized spacial score (nSPS) is 23.1. The van der Waals surface area contributed by atoms with E-state index < -0.39 is 0 Å². The lowest BCUT2D eigenvalue weighted by atomic mass is 9.64. The Morgan fingerprint density at radius 3 is 1.93 bits per heavy atom. The zero-order valence-corrected chi connectivity index (χ0v) is 21.2. The summed E-state index contributed by atoms with van der Waals surface area (Å²) in [6, 6.07) is 0. The fourth-order valence-electron chi connectivity index (χ4n) is 6.48. The van der Waals surface area contributed by atoms with Crippen molar-refractivity contribution in [3.63, 3.8) is 0 Å². The van der Waals surface area contributed by atoms with Crippen LogP contribution in [0.5, 0.6) is 0 Å². The van der Waals surface area contributed by atoms with E-state index in [2.05, 4.69) is 55.4 Å². The predicted molar refractivity (Wildman–Crippen MR) is 129 cm³/mol. The van der Waals surface area contributed by atoms with Gasteiger partial charge in [-0.3, -0.25) is 0 Å². The van der Waals surface area contributed by atoms with Gasteiger partial charge in [-0.2, -0.15) is 0 Å². The third-order valence-corrected chi connectivity index (χ3v) is 9.01. The first kappa shape index (κ1) is 26.0. The molecule has 0 heteroatoms. The minimum Gasteiger partial charge on any atom is -0.0649 e. The van der Waals surface area contributed by atoms with E-state index in [0.717, 1.165) is 23.7 Å². The molecule has 0 aromatic rings. The smallest absolute Gasteiger partial charge is 0.0277 e. The highest BCUT2D eigenvalue weighted by Gasteiger charge is 2.36. The van der Waals surface area contributed by atoms with Crippen molar-refractivity contribution >= 4 is 0 Å². The molecule has 0 aliphatic heterocycles. The highest BCUT2D eigenvalue weighted by molar-refractivity contribution is 4.87. The number of rotatable bonds is 15. The van der Waals surface area contributed by atoms with E-state index in [9.17, 15) is 0 Å². The maximum absolute atomic E-state index is 2.48. The highest BCUT2D eigenvalue weighted by atomic mass is 14.4. The molecule has 1 saturated carbocycles. The maximum atomic E-state index is 2.48. The Morgan fingerprint density at radius 2 is 1.43 bits per heavy atom. The fourth-order valence-corrected chi connectivity index (χ4v) is 6.48. The van der Waals surface area contributed by atoms with Crippen LogP contribution in [0.25, 0.3) is 0 Å². The van der Waals surface area contributed by atoms with Crippen LogP contribution in [-0.4, -0.2) is 0 Å². The van der Waals surface area contributed by atoms with Crippen LogP contribution in [0.4, 0.5) is 0 Å². The van der Waals surface area contributed by atoms with Crippen molar-refractivity contribution in [3.05, 3.63) is 0 Å².